The Morgan fingerprint density at radius 3 is 2.30 bits per heavy atom. The van der Waals surface area contributed by atoms with Gasteiger partial charge in [0.2, 0.25) is 0 Å². The van der Waals surface area contributed by atoms with Crippen LogP contribution < -0.4 is 10.1 Å². The largest absolute Gasteiger partial charge is 0.457 e. The lowest BCUT2D eigenvalue weighted by atomic mass is 10.2. The monoisotopic (exact) mass is 271 g/mol. The van der Waals surface area contributed by atoms with E-state index in [9.17, 15) is 4.79 Å². The predicted molar refractivity (Wildman–Crippen MR) is 76.8 cm³/mol. The Balaban J connectivity index is 1.88. The van der Waals surface area contributed by atoms with Crippen LogP contribution in [-0.4, -0.2) is 12.7 Å². The minimum absolute atomic E-state index is 0.371. The lowest BCUT2D eigenvalue weighted by Crippen LogP contribution is -2.23. The number of nitrogens with one attached hydrogen (secondary N) is 1. The maximum atomic E-state index is 11.2. The summed E-state index contributed by atoms with van der Waals surface area (Å²) in [6, 6.07) is 17.1. The van der Waals surface area contributed by atoms with Gasteiger partial charge in [0.15, 0.2) is 0 Å². The van der Waals surface area contributed by atoms with E-state index in [1.807, 2.05) is 54.6 Å². The molecule has 0 saturated heterocycles. The van der Waals surface area contributed by atoms with Crippen LogP contribution in [0.25, 0.3) is 0 Å². The summed E-state index contributed by atoms with van der Waals surface area (Å²) in [4.78, 5) is 11.2. The van der Waals surface area contributed by atoms with E-state index >= 15 is 0 Å². The first kappa shape index (κ1) is 13.9. The van der Waals surface area contributed by atoms with Gasteiger partial charge in [-0.15, -0.1) is 0 Å². The third kappa shape index (κ3) is 4.31. The van der Waals surface area contributed by atoms with Crippen LogP contribution in [0.1, 0.15) is 12.5 Å². The molecule has 1 amide bonds. The van der Waals surface area contributed by atoms with Gasteiger partial charge >= 0.3 is 6.09 Å². The lowest BCUT2D eigenvalue weighted by Gasteiger charge is -2.07. The van der Waals surface area contributed by atoms with Crippen molar-refractivity contribution in [2.24, 2.45) is 0 Å². The van der Waals surface area contributed by atoms with Gasteiger partial charge in [-0.05, 0) is 36.8 Å². The number of rotatable bonds is 5. The predicted octanol–water partition coefficient (Wildman–Crippen LogP) is 3.73. The van der Waals surface area contributed by atoms with E-state index in [0.29, 0.717) is 13.2 Å². The lowest BCUT2D eigenvalue weighted by molar-refractivity contribution is 0.151. The molecule has 2 aromatic carbocycles. The van der Waals surface area contributed by atoms with E-state index in [2.05, 4.69) is 5.32 Å². The van der Waals surface area contributed by atoms with Gasteiger partial charge in [0.05, 0.1) is 6.61 Å². The first-order valence-corrected chi connectivity index (χ1v) is 6.50. The molecule has 0 aliphatic rings. The van der Waals surface area contributed by atoms with Crippen molar-refractivity contribution in [1.29, 1.82) is 0 Å². The average molecular weight is 271 g/mol. The molecule has 104 valence electrons. The first-order valence-electron chi connectivity index (χ1n) is 6.50. The molecule has 0 fully saturated rings. The summed E-state index contributed by atoms with van der Waals surface area (Å²) in [6.45, 7) is 2.58. The quantitative estimate of drug-likeness (QED) is 0.901. The molecule has 0 unspecified atom stereocenters. The number of alkyl carbamates (subject to hydrolysis) is 1. The molecule has 1 N–H and O–H groups in total. The fourth-order valence-electron chi connectivity index (χ4n) is 1.66. The summed E-state index contributed by atoms with van der Waals surface area (Å²) < 4.78 is 10.5. The van der Waals surface area contributed by atoms with Gasteiger partial charge in [0, 0.05) is 6.54 Å². The Morgan fingerprint density at radius 1 is 1.00 bits per heavy atom. The van der Waals surface area contributed by atoms with Crippen LogP contribution in [0.4, 0.5) is 4.79 Å². The Kier molecular flexibility index (Phi) is 5.00. The molecular weight excluding hydrogens is 254 g/mol. The van der Waals surface area contributed by atoms with Crippen molar-refractivity contribution in [2.75, 3.05) is 6.61 Å². The molecule has 0 bridgehead atoms. The van der Waals surface area contributed by atoms with Crippen molar-refractivity contribution in [3.63, 3.8) is 0 Å². The SMILES string of the molecule is CCOC(=O)NCc1ccc(Oc2ccccc2)cc1. The topological polar surface area (TPSA) is 47.6 Å². The number of carbonyl (C=O) groups is 1. The molecule has 4 nitrogen and oxygen atoms in total. The first-order chi connectivity index (χ1) is 9.78. The van der Waals surface area contributed by atoms with Crippen LogP contribution in [0.2, 0.25) is 0 Å². The normalized spacial score (nSPS) is 9.85. The fraction of sp³-hybridized carbons (Fsp3) is 0.188. The number of hydrogen-bond acceptors (Lipinski definition) is 3. The van der Waals surface area contributed by atoms with E-state index in [4.69, 9.17) is 9.47 Å². The number of para-hydroxylation sites is 1. The summed E-state index contributed by atoms with van der Waals surface area (Å²) >= 11 is 0. The van der Waals surface area contributed by atoms with Gasteiger partial charge in [-0.3, -0.25) is 0 Å². The van der Waals surface area contributed by atoms with Crippen LogP contribution in [0, 0.1) is 0 Å². The van der Waals surface area contributed by atoms with E-state index in [1.165, 1.54) is 0 Å². The van der Waals surface area contributed by atoms with Gasteiger partial charge in [-0.25, -0.2) is 4.79 Å². The number of amides is 1. The second kappa shape index (κ2) is 7.19. The molecule has 0 aliphatic heterocycles. The van der Waals surface area contributed by atoms with Crippen molar-refractivity contribution in [3.05, 3.63) is 60.2 Å². The zero-order valence-corrected chi connectivity index (χ0v) is 11.3. The zero-order valence-electron chi connectivity index (χ0n) is 11.3. The highest BCUT2D eigenvalue weighted by Gasteiger charge is 2.01. The summed E-state index contributed by atoms with van der Waals surface area (Å²) in [7, 11) is 0. The summed E-state index contributed by atoms with van der Waals surface area (Å²) in [6.07, 6.45) is -0.405. The van der Waals surface area contributed by atoms with Crippen LogP contribution in [-0.2, 0) is 11.3 Å². The van der Waals surface area contributed by atoms with Crippen molar-refractivity contribution in [2.45, 2.75) is 13.5 Å². The third-order valence-corrected chi connectivity index (χ3v) is 2.61. The highest BCUT2D eigenvalue weighted by atomic mass is 16.5. The van der Waals surface area contributed by atoms with Crippen molar-refractivity contribution in [3.8, 4) is 11.5 Å². The number of benzene rings is 2. The van der Waals surface area contributed by atoms with Crippen molar-refractivity contribution < 1.29 is 14.3 Å². The van der Waals surface area contributed by atoms with Crippen molar-refractivity contribution >= 4 is 6.09 Å². The van der Waals surface area contributed by atoms with Crippen LogP contribution in [0.5, 0.6) is 11.5 Å². The summed E-state index contributed by atoms with van der Waals surface area (Å²) in [5.41, 5.74) is 0.985. The highest BCUT2D eigenvalue weighted by Crippen LogP contribution is 2.20. The third-order valence-electron chi connectivity index (χ3n) is 2.61. The maximum absolute atomic E-state index is 11.2. The minimum atomic E-state index is -0.405. The summed E-state index contributed by atoms with van der Waals surface area (Å²) in [5, 5.41) is 2.67. The van der Waals surface area contributed by atoms with Gasteiger partial charge in [0.25, 0.3) is 0 Å². The number of ether oxygens (including phenoxy) is 2. The van der Waals surface area contributed by atoms with Crippen LogP contribution >= 0.6 is 0 Å². The molecule has 2 aromatic rings. The molecule has 4 heteroatoms. The van der Waals surface area contributed by atoms with E-state index in [1.54, 1.807) is 6.92 Å². The Bertz CT molecular complexity index is 537. The second-order valence-corrected chi connectivity index (χ2v) is 4.13. The van der Waals surface area contributed by atoms with E-state index in [0.717, 1.165) is 17.1 Å². The minimum Gasteiger partial charge on any atom is -0.457 e. The smallest absolute Gasteiger partial charge is 0.407 e. The highest BCUT2D eigenvalue weighted by molar-refractivity contribution is 5.67. The van der Waals surface area contributed by atoms with Crippen LogP contribution in [0.3, 0.4) is 0 Å². The average Bonchev–Trinajstić information content (AvgIpc) is 2.48. The molecule has 0 aliphatic carbocycles. The number of hydrogen-bond donors (Lipinski definition) is 1. The Labute approximate surface area is 118 Å². The molecule has 2 rings (SSSR count). The van der Waals surface area contributed by atoms with Crippen molar-refractivity contribution in [1.82, 2.24) is 5.32 Å². The zero-order chi connectivity index (χ0) is 14.2. The molecule has 0 aromatic heterocycles. The fourth-order valence-corrected chi connectivity index (χ4v) is 1.66. The van der Waals surface area contributed by atoms with Gasteiger partial charge < -0.3 is 14.8 Å². The molecule has 0 saturated carbocycles. The standard InChI is InChI=1S/C16H17NO3/c1-2-19-16(18)17-12-13-8-10-15(11-9-13)20-14-6-4-3-5-7-14/h3-11H,2,12H2,1H3,(H,17,18). The molecule has 0 spiro atoms. The number of carbonyl (C=O) groups excluding carboxylic acids is 1. The Hall–Kier alpha value is -2.49. The Morgan fingerprint density at radius 2 is 1.65 bits per heavy atom. The molecule has 0 atom stereocenters. The molecule has 0 radical (unpaired) electrons. The van der Waals surface area contributed by atoms with Gasteiger partial charge in [-0.2, -0.15) is 0 Å². The van der Waals surface area contributed by atoms with Gasteiger partial charge in [-0.1, -0.05) is 30.3 Å². The van der Waals surface area contributed by atoms with E-state index < -0.39 is 6.09 Å². The molecular formula is C16H17NO3. The molecule has 0 heterocycles. The van der Waals surface area contributed by atoms with E-state index in [-0.39, 0.29) is 0 Å². The summed E-state index contributed by atoms with van der Waals surface area (Å²) in [5.74, 6) is 1.56. The van der Waals surface area contributed by atoms with Crippen LogP contribution in [0.15, 0.2) is 54.6 Å². The second-order valence-electron chi connectivity index (χ2n) is 4.13. The van der Waals surface area contributed by atoms with Gasteiger partial charge in [0.1, 0.15) is 11.5 Å². The maximum Gasteiger partial charge on any atom is 0.407 e. The molecule has 20 heavy (non-hydrogen) atoms.